The van der Waals surface area contributed by atoms with Crippen LogP contribution in [-0.4, -0.2) is 5.91 Å². The number of carbonyl (C=O) groups is 1. The minimum Gasteiger partial charge on any atom is -0.333 e. The first-order chi connectivity index (χ1) is 2.89. The third kappa shape index (κ3) is 1.59. The zero-order valence-corrected chi connectivity index (χ0v) is 4.49. The van der Waals surface area contributed by atoms with Gasteiger partial charge < -0.3 is 5.32 Å². The Morgan fingerprint density at radius 2 is 2.43 bits per heavy atom. The molecule has 3 heteroatoms. The van der Waals surface area contributed by atoms with E-state index in [1.807, 2.05) is 0 Å². The van der Waals surface area contributed by atoms with E-state index < -0.39 is 0 Å². The fourth-order valence-corrected chi connectivity index (χ4v) is 0.377. The van der Waals surface area contributed by atoms with Gasteiger partial charge in [-0.3, -0.25) is 4.79 Å². The maximum absolute atomic E-state index is 10.1. The molecule has 40 valence electrons. The summed E-state index contributed by atoms with van der Waals surface area (Å²) in [6, 6.07) is 0. The molecule has 1 aliphatic rings. The maximum atomic E-state index is 10.1. The first kappa shape index (κ1) is 6.50. The van der Waals surface area contributed by atoms with Crippen LogP contribution >= 0.6 is 12.4 Å². The molecule has 0 aromatic carbocycles. The number of halogens is 1. The first-order valence-corrected chi connectivity index (χ1v) is 1.84. The normalized spacial score (nSPS) is 15.7. The summed E-state index contributed by atoms with van der Waals surface area (Å²) in [5.41, 5.74) is 0. The number of nitrogens with one attached hydrogen (secondary N) is 1. The second kappa shape index (κ2) is 2.64. The van der Waals surface area contributed by atoms with Crippen molar-refractivity contribution in [2.24, 2.45) is 0 Å². The van der Waals surface area contributed by atoms with Gasteiger partial charge in [0, 0.05) is 12.6 Å². The van der Waals surface area contributed by atoms with Gasteiger partial charge in [0.2, 0.25) is 5.91 Å². The number of carbonyl (C=O) groups excluding carboxylic acids is 1. The van der Waals surface area contributed by atoms with Crippen LogP contribution in [0.1, 0.15) is 6.42 Å². The molecule has 0 atom stereocenters. The SMILES string of the molecule is Cl.O=C1CC=CN1. The monoisotopic (exact) mass is 119 g/mol. The van der Waals surface area contributed by atoms with Gasteiger partial charge in [0.1, 0.15) is 0 Å². The van der Waals surface area contributed by atoms with Crippen LogP contribution in [0.5, 0.6) is 0 Å². The minimum absolute atomic E-state index is 0. The zero-order chi connectivity index (χ0) is 4.41. The molecule has 0 aliphatic carbocycles. The standard InChI is InChI=1S/C4H5NO.ClH/c6-4-2-1-3-5-4;/h1,3H,2H2,(H,5,6);1H. The van der Waals surface area contributed by atoms with Crippen molar-refractivity contribution >= 4 is 18.3 Å². The lowest BCUT2D eigenvalue weighted by atomic mass is 10.5. The topological polar surface area (TPSA) is 29.1 Å². The van der Waals surface area contributed by atoms with Crippen molar-refractivity contribution in [3.8, 4) is 0 Å². The third-order valence-corrected chi connectivity index (χ3v) is 0.665. The molecule has 0 unspecified atom stereocenters. The Morgan fingerprint density at radius 3 is 2.57 bits per heavy atom. The van der Waals surface area contributed by atoms with Crippen molar-refractivity contribution in [3.05, 3.63) is 12.3 Å². The van der Waals surface area contributed by atoms with E-state index in [2.05, 4.69) is 5.32 Å². The second-order valence-corrected chi connectivity index (χ2v) is 1.17. The minimum atomic E-state index is 0. The van der Waals surface area contributed by atoms with E-state index in [0.717, 1.165) is 0 Å². The number of amides is 1. The van der Waals surface area contributed by atoms with Crippen LogP contribution in [-0.2, 0) is 4.79 Å². The Kier molecular flexibility index (Phi) is 2.45. The largest absolute Gasteiger partial charge is 0.333 e. The molecular formula is C4H6ClNO. The summed E-state index contributed by atoms with van der Waals surface area (Å²) in [7, 11) is 0. The van der Waals surface area contributed by atoms with Crippen molar-refractivity contribution in [2.45, 2.75) is 6.42 Å². The summed E-state index contributed by atoms with van der Waals surface area (Å²) in [4.78, 5) is 10.1. The van der Waals surface area contributed by atoms with Crippen molar-refractivity contribution in [3.63, 3.8) is 0 Å². The molecule has 1 rings (SSSR count). The molecule has 0 aromatic rings. The lowest BCUT2D eigenvalue weighted by Crippen LogP contribution is -2.08. The Morgan fingerprint density at radius 1 is 1.71 bits per heavy atom. The van der Waals surface area contributed by atoms with Gasteiger partial charge in [-0.05, 0) is 0 Å². The Bertz CT molecular complexity index is 89.9. The summed E-state index contributed by atoms with van der Waals surface area (Å²) in [5, 5.41) is 2.50. The fraction of sp³-hybridized carbons (Fsp3) is 0.250. The maximum Gasteiger partial charge on any atom is 0.227 e. The van der Waals surface area contributed by atoms with E-state index in [1.54, 1.807) is 12.3 Å². The van der Waals surface area contributed by atoms with E-state index in [1.165, 1.54) is 0 Å². The van der Waals surface area contributed by atoms with Gasteiger partial charge in [0.25, 0.3) is 0 Å². The molecule has 1 amide bonds. The molecule has 0 spiro atoms. The van der Waals surface area contributed by atoms with E-state index in [9.17, 15) is 4.79 Å². The molecule has 1 heterocycles. The van der Waals surface area contributed by atoms with Gasteiger partial charge in [-0.2, -0.15) is 0 Å². The van der Waals surface area contributed by atoms with E-state index in [0.29, 0.717) is 6.42 Å². The number of hydrogen-bond donors (Lipinski definition) is 1. The van der Waals surface area contributed by atoms with Gasteiger partial charge in [-0.15, -0.1) is 12.4 Å². The molecule has 0 bridgehead atoms. The van der Waals surface area contributed by atoms with Crippen molar-refractivity contribution in [1.82, 2.24) is 5.32 Å². The van der Waals surface area contributed by atoms with Crippen molar-refractivity contribution in [1.29, 1.82) is 0 Å². The molecule has 0 fully saturated rings. The summed E-state index contributed by atoms with van der Waals surface area (Å²) in [5.74, 6) is 0.0926. The summed E-state index contributed by atoms with van der Waals surface area (Å²) in [6.07, 6.45) is 4.00. The summed E-state index contributed by atoms with van der Waals surface area (Å²) >= 11 is 0. The van der Waals surface area contributed by atoms with Crippen molar-refractivity contribution in [2.75, 3.05) is 0 Å². The highest BCUT2D eigenvalue weighted by atomic mass is 35.5. The lowest BCUT2D eigenvalue weighted by molar-refractivity contribution is -0.118. The van der Waals surface area contributed by atoms with Gasteiger partial charge in [0.15, 0.2) is 0 Å². The van der Waals surface area contributed by atoms with E-state index in [-0.39, 0.29) is 18.3 Å². The van der Waals surface area contributed by atoms with E-state index in [4.69, 9.17) is 0 Å². The Labute approximate surface area is 48.0 Å². The van der Waals surface area contributed by atoms with Crippen LogP contribution in [0.15, 0.2) is 12.3 Å². The first-order valence-electron chi connectivity index (χ1n) is 1.84. The van der Waals surface area contributed by atoms with Gasteiger partial charge in [-0.1, -0.05) is 6.08 Å². The molecule has 7 heavy (non-hydrogen) atoms. The summed E-state index contributed by atoms with van der Waals surface area (Å²) < 4.78 is 0. The fourth-order valence-electron chi connectivity index (χ4n) is 0.377. The average Bonchev–Trinajstić information content (AvgIpc) is 1.86. The predicted octanol–water partition coefficient (Wildman–Crippen LogP) is 0.442. The van der Waals surface area contributed by atoms with Crippen LogP contribution in [0.4, 0.5) is 0 Å². The van der Waals surface area contributed by atoms with Crippen LogP contribution < -0.4 is 5.32 Å². The predicted molar refractivity (Wildman–Crippen MR) is 29.1 cm³/mol. The number of rotatable bonds is 0. The quantitative estimate of drug-likeness (QED) is 0.493. The lowest BCUT2D eigenvalue weighted by Gasteiger charge is -1.78. The molecule has 0 saturated heterocycles. The molecule has 2 nitrogen and oxygen atoms in total. The van der Waals surface area contributed by atoms with E-state index >= 15 is 0 Å². The molecule has 1 N–H and O–H groups in total. The third-order valence-electron chi connectivity index (χ3n) is 0.665. The average molecular weight is 120 g/mol. The van der Waals surface area contributed by atoms with Gasteiger partial charge in [0.05, 0.1) is 0 Å². The molecule has 0 radical (unpaired) electrons. The van der Waals surface area contributed by atoms with Crippen LogP contribution in [0.2, 0.25) is 0 Å². The smallest absolute Gasteiger partial charge is 0.227 e. The highest BCUT2D eigenvalue weighted by Crippen LogP contribution is 1.87. The Balaban J connectivity index is 0.000000360. The van der Waals surface area contributed by atoms with Crippen molar-refractivity contribution < 1.29 is 4.79 Å². The molecule has 0 saturated carbocycles. The molecule has 0 aromatic heterocycles. The van der Waals surface area contributed by atoms with Crippen LogP contribution in [0, 0.1) is 0 Å². The molecular weight excluding hydrogens is 114 g/mol. The second-order valence-electron chi connectivity index (χ2n) is 1.17. The highest BCUT2D eigenvalue weighted by Gasteiger charge is 1.97. The van der Waals surface area contributed by atoms with Gasteiger partial charge in [-0.25, -0.2) is 0 Å². The van der Waals surface area contributed by atoms with Crippen LogP contribution in [0.3, 0.4) is 0 Å². The van der Waals surface area contributed by atoms with Crippen LogP contribution in [0.25, 0.3) is 0 Å². The summed E-state index contributed by atoms with van der Waals surface area (Å²) in [6.45, 7) is 0. The zero-order valence-electron chi connectivity index (χ0n) is 3.68. The highest BCUT2D eigenvalue weighted by molar-refractivity contribution is 5.85. The number of hydrogen-bond acceptors (Lipinski definition) is 1. The molecule has 1 aliphatic heterocycles. The van der Waals surface area contributed by atoms with Gasteiger partial charge >= 0.3 is 0 Å². The Hall–Kier alpha value is -0.500.